The Hall–Kier alpha value is -0.900. The van der Waals surface area contributed by atoms with Crippen LogP contribution in [0.5, 0.6) is 0 Å². The fraction of sp³-hybridized carbons (Fsp3) is 0.667. The van der Waals surface area contributed by atoms with Gasteiger partial charge in [0.05, 0.1) is 12.2 Å². The van der Waals surface area contributed by atoms with Crippen LogP contribution in [-0.4, -0.2) is 41.9 Å². The van der Waals surface area contributed by atoms with Gasteiger partial charge in [-0.1, -0.05) is 43.2 Å². The number of nitrogens with zero attached hydrogens (tertiary/aromatic N) is 1. The third-order valence-corrected chi connectivity index (χ3v) is 4.07. The lowest BCUT2D eigenvalue weighted by molar-refractivity contribution is 0.0441. The highest BCUT2D eigenvalue weighted by atomic mass is 16.5. The Morgan fingerprint density at radius 3 is 2.95 bits per heavy atom. The van der Waals surface area contributed by atoms with Gasteiger partial charge in [-0.2, -0.15) is 0 Å². The second kappa shape index (κ2) is 8.52. The van der Waals surface area contributed by atoms with E-state index in [9.17, 15) is 5.11 Å². The SMILES string of the molecule is CCCC(O)CN(Cc1cccc(C)c1)CC1CCCO1. The summed E-state index contributed by atoms with van der Waals surface area (Å²) in [4.78, 5) is 2.35. The summed E-state index contributed by atoms with van der Waals surface area (Å²) in [5.74, 6) is 0. The molecule has 0 aromatic heterocycles. The van der Waals surface area contributed by atoms with Crippen molar-refractivity contribution < 1.29 is 9.84 Å². The lowest BCUT2D eigenvalue weighted by Crippen LogP contribution is -2.37. The predicted octanol–water partition coefficient (Wildman–Crippen LogP) is 3.14. The maximum Gasteiger partial charge on any atom is 0.0702 e. The molecular formula is C18H29NO2. The topological polar surface area (TPSA) is 32.7 Å². The van der Waals surface area contributed by atoms with Crippen LogP contribution in [0.2, 0.25) is 0 Å². The Labute approximate surface area is 128 Å². The van der Waals surface area contributed by atoms with Crippen molar-refractivity contribution in [3.8, 4) is 0 Å². The largest absolute Gasteiger partial charge is 0.392 e. The van der Waals surface area contributed by atoms with Crippen molar-refractivity contribution in [2.24, 2.45) is 0 Å². The van der Waals surface area contributed by atoms with Crippen molar-refractivity contribution >= 4 is 0 Å². The maximum atomic E-state index is 10.1. The quantitative estimate of drug-likeness (QED) is 0.798. The average molecular weight is 291 g/mol. The molecule has 1 N–H and O–H groups in total. The van der Waals surface area contributed by atoms with Crippen molar-refractivity contribution in [1.82, 2.24) is 4.90 Å². The van der Waals surface area contributed by atoms with Crippen LogP contribution in [0.3, 0.4) is 0 Å². The van der Waals surface area contributed by atoms with Gasteiger partial charge in [-0.25, -0.2) is 0 Å². The molecule has 2 rings (SSSR count). The summed E-state index contributed by atoms with van der Waals surface area (Å²) in [6, 6.07) is 8.63. The lowest BCUT2D eigenvalue weighted by atomic mass is 10.1. The van der Waals surface area contributed by atoms with E-state index < -0.39 is 0 Å². The first-order valence-corrected chi connectivity index (χ1v) is 8.25. The molecule has 1 aliphatic heterocycles. The van der Waals surface area contributed by atoms with Crippen LogP contribution in [0.1, 0.15) is 43.7 Å². The molecule has 0 aliphatic carbocycles. The van der Waals surface area contributed by atoms with Crippen LogP contribution in [0.4, 0.5) is 0 Å². The Balaban J connectivity index is 1.96. The molecule has 21 heavy (non-hydrogen) atoms. The minimum atomic E-state index is -0.235. The molecule has 0 radical (unpaired) electrons. The van der Waals surface area contributed by atoms with Crippen molar-refractivity contribution in [3.05, 3.63) is 35.4 Å². The summed E-state index contributed by atoms with van der Waals surface area (Å²) in [6.45, 7) is 7.69. The van der Waals surface area contributed by atoms with Crippen LogP contribution in [0.15, 0.2) is 24.3 Å². The number of ether oxygens (including phenoxy) is 1. The fourth-order valence-corrected chi connectivity index (χ4v) is 3.07. The molecular weight excluding hydrogens is 262 g/mol. The molecule has 1 aliphatic rings. The molecule has 0 saturated carbocycles. The molecule has 3 nitrogen and oxygen atoms in total. The summed E-state index contributed by atoms with van der Waals surface area (Å²) in [5.41, 5.74) is 2.61. The monoisotopic (exact) mass is 291 g/mol. The number of aliphatic hydroxyl groups is 1. The highest BCUT2D eigenvalue weighted by Crippen LogP contribution is 2.16. The second-order valence-corrected chi connectivity index (χ2v) is 6.26. The molecule has 0 bridgehead atoms. The van der Waals surface area contributed by atoms with E-state index in [1.165, 1.54) is 17.5 Å². The van der Waals surface area contributed by atoms with E-state index in [2.05, 4.69) is 43.0 Å². The van der Waals surface area contributed by atoms with E-state index in [0.717, 1.165) is 45.5 Å². The van der Waals surface area contributed by atoms with Gasteiger partial charge in [0.25, 0.3) is 0 Å². The van der Waals surface area contributed by atoms with Gasteiger partial charge in [0.1, 0.15) is 0 Å². The normalized spacial score (nSPS) is 20.1. The molecule has 2 unspecified atom stereocenters. The minimum Gasteiger partial charge on any atom is -0.392 e. The predicted molar refractivity (Wildman–Crippen MR) is 86.3 cm³/mol. The van der Waals surface area contributed by atoms with E-state index in [0.29, 0.717) is 6.10 Å². The molecule has 1 fully saturated rings. The third kappa shape index (κ3) is 5.77. The number of aliphatic hydroxyl groups excluding tert-OH is 1. The first-order chi connectivity index (χ1) is 10.2. The summed E-state index contributed by atoms with van der Waals surface area (Å²) >= 11 is 0. The van der Waals surface area contributed by atoms with E-state index in [4.69, 9.17) is 4.74 Å². The molecule has 1 aromatic rings. The summed E-state index contributed by atoms with van der Waals surface area (Å²) in [7, 11) is 0. The van der Waals surface area contributed by atoms with Crippen LogP contribution in [0.25, 0.3) is 0 Å². The molecule has 118 valence electrons. The first kappa shape index (κ1) is 16.5. The van der Waals surface area contributed by atoms with Gasteiger partial charge in [-0.3, -0.25) is 4.90 Å². The average Bonchev–Trinajstić information content (AvgIpc) is 2.91. The van der Waals surface area contributed by atoms with Crippen molar-refractivity contribution in [3.63, 3.8) is 0 Å². The maximum absolute atomic E-state index is 10.1. The standard InChI is InChI=1S/C18H29NO2/c1-3-6-17(20)13-19(14-18-9-5-10-21-18)12-16-8-4-7-15(2)11-16/h4,7-8,11,17-18,20H,3,5-6,9-10,12-14H2,1-2H3. The van der Waals surface area contributed by atoms with Gasteiger partial charge < -0.3 is 9.84 Å². The highest BCUT2D eigenvalue weighted by molar-refractivity contribution is 5.22. The minimum absolute atomic E-state index is 0.235. The Kier molecular flexibility index (Phi) is 6.68. The van der Waals surface area contributed by atoms with Gasteiger partial charge in [0.15, 0.2) is 0 Å². The third-order valence-electron chi connectivity index (χ3n) is 4.07. The highest BCUT2D eigenvalue weighted by Gasteiger charge is 2.21. The Bertz CT molecular complexity index is 415. The second-order valence-electron chi connectivity index (χ2n) is 6.26. The van der Waals surface area contributed by atoms with Crippen LogP contribution < -0.4 is 0 Å². The molecule has 1 aromatic carbocycles. The lowest BCUT2D eigenvalue weighted by Gasteiger charge is -2.27. The summed E-state index contributed by atoms with van der Waals surface area (Å²) in [5, 5.41) is 10.1. The molecule has 0 amide bonds. The number of hydrogen-bond acceptors (Lipinski definition) is 3. The number of benzene rings is 1. The summed E-state index contributed by atoms with van der Waals surface area (Å²) in [6.07, 6.45) is 4.31. The fourth-order valence-electron chi connectivity index (χ4n) is 3.07. The smallest absolute Gasteiger partial charge is 0.0702 e. The van der Waals surface area contributed by atoms with Crippen molar-refractivity contribution in [2.45, 2.75) is 58.3 Å². The van der Waals surface area contributed by atoms with Gasteiger partial charge in [0, 0.05) is 26.2 Å². The zero-order chi connectivity index (χ0) is 15.1. The van der Waals surface area contributed by atoms with Gasteiger partial charge in [-0.05, 0) is 31.7 Å². The van der Waals surface area contributed by atoms with Gasteiger partial charge in [-0.15, -0.1) is 0 Å². The summed E-state index contributed by atoms with van der Waals surface area (Å²) < 4.78 is 5.76. The molecule has 1 saturated heterocycles. The number of aryl methyl sites for hydroxylation is 1. The number of hydrogen-bond donors (Lipinski definition) is 1. The Morgan fingerprint density at radius 1 is 1.43 bits per heavy atom. The van der Waals surface area contributed by atoms with Crippen molar-refractivity contribution in [1.29, 1.82) is 0 Å². The molecule has 2 atom stereocenters. The van der Waals surface area contributed by atoms with Crippen molar-refractivity contribution in [2.75, 3.05) is 19.7 Å². The van der Waals surface area contributed by atoms with Gasteiger partial charge >= 0.3 is 0 Å². The molecule has 3 heteroatoms. The van der Waals surface area contributed by atoms with Crippen LogP contribution in [0, 0.1) is 6.92 Å². The number of rotatable bonds is 8. The zero-order valence-corrected chi connectivity index (χ0v) is 13.4. The molecule has 0 spiro atoms. The zero-order valence-electron chi connectivity index (χ0n) is 13.4. The van der Waals surface area contributed by atoms with Crippen LogP contribution in [-0.2, 0) is 11.3 Å². The van der Waals surface area contributed by atoms with E-state index in [-0.39, 0.29) is 6.10 Å². The van der Waals surface area contributed by atoms with E-state index in [1.807, 2.05) is 0 Å². The Morgan fingerprint density at radius 2 is 2.29 bits per heavy atom. The first-order valence-electron chi connectivity index (χ1n) is 8.25. The molecule has 1 heterocycles. The van der Waals surface area contributed by atoms with E-state index >= 15 is 0 Å². The van der Waals surface area contributed by atoms with E-state index in [1.54, 1.807) is 0 Å². The van der Waals surface area contributed by atoms with Gasteiger partial charge in [0.2, 0.25) is 0 Å². The van der Waals surface area contributed by atoms with Crippen LogP contribution >= 0.6 is 0 Å².